The van der Waals surface area contributed by atoms with Gasteiger partial charge in [-0.1, -0.05) is 0 Å². The lowest BCUT2D eigenvalue weighted by molar-refractivity contribution is -0.210. The van der Waals surface area contributed by atoms with Crippen LogP contribution in [0.1, 0.15) is 32.1 Å². The Morgan fingerprint density at radius 3 is 2.38 bits per heavy atom. The van der Waals surface area contributed by atoms with E-state index >= 15 is 0 Å². The van der Waals surface area contributed by atoms with Gasteiger partial charge < -0.3 is 9.47 Å². The minimum Gasteiger partial charge on any atom is -0.348 e. The molecule has 5 nitrogen and oxygen atoms in total. The number of hydrogen-bond acceptors (Lipinski definition) is 4. The Balaban J connectivity index is 1.59. The molecule has 5 heteroatoms. The molecule has 2 heterocycles. The van der Waals surface area contributed by atoms with E-state index in [4.69, 9.17) is 14.3 Å². The van der Waals surface area contributed by atoms with Crippen LogP contribution in [0.15, 0.2) is 0 Å². The second-order valence-corrected chi connectivity index (χ2v) is 4.64. The maximum absolute atomic E-state index is 11.5. The fraction of sp³-hybridized carbons (Fsp3) is 0.909. The SMILES string of the molecule is O=C1CCON1C1CCC2(CC1)OCCO2. The molecule has 1 saturated carbocycles. The number of nitrogens with zero attached hydrogens (tertiary/aromatic N) is 1. The van der Waals surface area contributed by atoms with E-state index < -0.39 is 0 Å². The number of carbonyl (C=O) groups is 1. The van der Waals surface area contributed by atoms with Crippen molar-refractivity contribution in [2.24, 2.45) is 0 Å². The molecule has 1 aliphatic carbocycles. The molecule has 0 aromatic heterocycles. The van der Waals surface area contributed by atoms with Crippen molar-refractivity contribution in [3.05, 3.63) is 0 Å². The number of ether oxygens (including phenoxy) is 2. The highest BCUT2D eigenvalue weighted by Gasteiger charge is 2.43. The zero-order valence-electron chi connectivity index (χ0n) is 9.31. The van der Waals surface area contributed by atoms with E-state index in [0.717, 1.165) is 25.7 Å². The molecule has 0 atom stereocenters. The van der Waals surface area contributed by atoms with Crippen molar-refractivity contribution >= 4 is 5.91 Å². The van der Waals surface area contributed by atoms with Gasteiger partial charge >= 0.3 is 0 Å². The van der Waals surface area contributed by atoms with E-state index in [-0.39, 0.29) is 17.7 Å². The van der Waals surface area contributed by atoms with E-state index in [0.29, 0.717) is 26.2 Å². The molecule has 3 aliphatic rings. The zero-order valence-corrected chi connectivity index (χ0v) is 9.31. The summed E-state index contributed by atoms with van der Waals surface area (Å²) in [5.74, 6) is -0.228. The molecule has 2 aliphatic heterocycles. The smallest absolute Gasteiger partial charge is 0.248 e. The van der Waals surface area contributed by atoms with Gasteiger partial charge in [-0.2, -0.15) is 0 Å². The van der Waals surface area contributed by atoms with E-state index in [1.807, 2.05) is 0 Å². The van der Waals surface area contributed by atoms with Gasteiger partial charge in [-0.15, -0.1) is 0 Å². The second kappa shape index (κ2) is 3.98. The van der Waals surface area contributed by atoms with Crippen LogP contribution in [-0.4, -0.2) is 42.6 Å². The number of hydrogen-bond donors (Lipinski definition) is 0. The zero-order chi connectivity index (χ0) is 11.0. The number of amides is 1. The van der Waals surface area contributed by atoms with Crippen LogP contribution in [0.2, 0.25) is 0 Å². The van der Waals surface area contributed by atoms with Gasteiger partial charge in [0.25, 0.3) is 0 Å². The quantitative estimate of drug-likeness (QED) is 0.666. The standard InChI is InChI=1S/C11H17NO4/c13-10-3-6-16-12(10)9-1-4-11(5-2-9)14-7-8-15-11/h9H,1-8H2. The highest BCUT2D eigenvalue weighted by Crippen LogP contribution is 2.38. The summed E-state index contributed by atoms with van der Waals surface area (Å²) >= 11 is 0. The molecule has 0 N–H and O–H groups in total. The van der Waals surface area contributed by atoms with Crippen LogP contribution in [0.4, 0.5) is 0 Å². The van der Waals surface area contributed by atoms with E-state index in [1.54, 1.807) is 5.06 Å². The number of carbonyl (C=O) groups excluding carboxylic acids is 1. The van der Waals surface area contributed by atoms with Crippen LogP contribution < -0.4 is 0 Å². The molecule has 0 unspecified atom stereocenters. The second-order valence-electron chi connectivity index (χ2n) is 4.64. The Morgan fingerprint density at radius 2 is 1.81 bits per heavy atom. The average Bonchev–Trinajstić information content (AvgIpc) is 2.90. The Kier molecular flexibility index (Phi) is 2.61. The molecule has 1 amide bonds. The maximum atomic E-state index is 11.5. The normalized spacial score (nSPS) is 30.5. The lowest BCUT2D eigenvalue weighted by atomic mass is 9.90. The first-order valence-electron chi connectivity index (χ1n) is 6.02. The summed E-state index contributed by atoms with van der Waals surface area (Å²) in [6.45, 7) is 1.93. The minimum absolute atomic E-state index is 0.120. The first kappa shape index (κ1) is 10.5. The van der Waals surface area contributed by atoms with Crippen LogP contribution in [-0.2, 0) is 19.1 Å². The fourth-order valence-corrected chi connectivity index (χ4v) is 2.79. The van der Waals surface area contributed by atoms with Gasteiger partial charge in [0, 0.05) is 12.8 Å². The molecule has 0 radical (unpaired) electrons. The van der Waals surface area contributed by atoms with Crippen molar-refractivity contribution in [3.63, 3.8) is 0 Å². The Morgan fingerprint density at radius 1 is 1.12 bits per heavy atom. The van der Waals surface area contributed by atoms with Crippen LogP contribution in [0.3, 0.4) is 0 Å². The van der Waals surface area contributed by atoms with Gasteiger partial charge in [-0.25, -0.2) is 5.06 Å². The van der Waals surface area contributed by atoms with Gasteiger partial charge in [0.05, 0.1) is 32.3 Å². The largest absolute Gasteiger partial charge is 0.348 e. The number of hydroxylamine groups is 2. The highest BCUT2D eigenvalue weighted by molar-refractivity contribution is 5.76. The topological polar surface area (TPSA) is 48.0 Å². The summed E-state index contributed by atoms with van der Waals surface area (Å²) < 4.78 is 11.3. The molecule has 3 fully saturated rings. The third-order valence-corrected chi connectivity index (χ3v) is 3.65. The van der Waals surface area contributed by atoms with Gasteiger partial charge in [0.2, 0.25) is 5.91 Å². The summed E-state index contributed by atoms with van der Waals surface area (Å²) in [7, 11) is 0. The summed E-state index contributed by atoms with van der Waals surface area (Å²) in [4.78, 5) is 16.9. The van der Waals surface area contributed by atoms with Gasteiger partial charge in [-0.05, 0) is 12.8 Å². The van der Waals surface area contributed by atoms with Crippen molar-refractivity contribution in [1.29, 1.82) is 0 Å². The molecule has 90 valence electrons. The third kappa shape index (κ3) is 1.73. The fourth-order valence-electron chi connectivity index (χ4n) is 2.79. The molecule has 0 aromatic rings. The molecule has 3 rings (SSSR count). The summed E-state index contributed by atoms with van der Waals surface area (Å²) in [5.41, 5.74) is 0. The molecule has 0 bridgehead atoms. The number of rotatable bonds is 1. The summed E-state index contributed by atoms with van der Waals surface area (Å²) in [5, 5.41) is 1.57. The molecule has 2 saturated heterocycles. The predicted molar refractivity (Wildman–Crippen MR) is 54.3 cm³/mol. The molecular formula is C11H17NO4. The van der Waals surface area contributed by atoms with Crippen molar-refractivity contribution in [1.82, 2.24) is 5.06 Å². The van der Waals surface area contributed by atoms with Gasteiger partial charge in [0.15, 0.2) is 5.79 Å². The van der Waals surface area contributed by atoms with Crippen molar-refractivity contribution in [2.75, 3.05) is 19.8 Å². The summed E-state index contributed by atoms with van der Waals surface area (Å²) in [6, 6.07) is 0.216. The Bertz CT molecular complexity index is 278. The van der Waals surface area contributed by atoms with Crippen LogP contribution >= 0.6 is 0 Å². The third-order valence-electron chi connectivity index (χ3n) is 3.65. The molecule has 1 spiro atoms. The molecule has 16 heavy (non-hydrogen) atoms. The summed E-state index contributed by atoms with van der Waals surface area (Å²) in [6.07, 6.45) is 4.07. The van der Waals surface area contributed by atoms with Crippen molar-refractivity contribution < 1.29 is 19.1 Å². The lowest BCUT2D eigenvalue weighted by Gasteiger charge is -2.37. The first-order valence-corrected chi connectivity index (χ1v) is 6.02. The monoisotopic (exact) mass is 227 g/mol. The Hall–Kier alpha value is -0.650. The highest BCUT2D eigenvalue weighted by atomic mass is 16.7. The van der Waals surface area contributed by atoms with Crippen LogP contribution in [0.25, 0.3) is 0 Å². The van der Waals surface area contributed by atoms with Crippen molar-refractivity contribution in [2.45, 2.75) is 43.9 Å². The van der Waals surface area contributed by atoms with Crippen LogP contribution in [0, 0.1) is 0 Å². The van der Waals surface area contributed by atoms with Gasteiger partial charge in [0.1, 0.15) is 0 Å². The Labute approximate surface area is 94.6 Å². The molecular weight excluding hydrogens is 210 g/mol. The van der Waals surface area contributed by atoms with E-state index in [1.165, 1.54) is 0 Å². The maximum Gasteiger partial charge on any atom is 0.248 e. The van der Waals surface area contributed by atoms with Crippen LogP contribution in [0.5, 0.6) is 0 Å². The van der Waals surface area contributed by atoms with E-state index in [2.05, 4.69) is 0 Å². The van der Waals surface area contributed by atoms with Crippen molar-refractivity contribution in [3.8, 4) is 0 Å². The van der Waals surface area contributed by atoms with Gasteiger partial charge in [-0.3, -0.25) is 9.63 Å². The average molecular weight is 227 g/mol. The first-order chi connectivity index (χ1) is 7.79. The van der Waals surface area contributed by atoms with E-state index in [9.17, 15) is 4.79 Å². The molecule has 0 aromatic carbocycles. The lowest BCUT2D eigenvalue weighted by Crippen LogP contribution is -2.44. The predicted octanol–water partition coefficient (Wildman–Crippen LogP) is 0.836. The minimum atomic E-state index is -0.348.